The van der Waals surface area contributed by atoms with E-state index in [2.05, 4.69) is 20.9 Å². The molecule has 0 saturated heterocycles. The first-order valence-corrected chi connectivity index (χ1v) is 12.2. The van der Waals surface area contributed by atoms with Crippen molar-refractivity contribution in [3.8, 4) is 0 Å². The SMILES string of the molecule is CC(C)CC(NC(=O)C(CC(=O)O)NC(=O)C(Cc1c[nH]c2ccccc12)NC(=O)C(N)CC(N)=O)C(=O)O. The first-order chi connectivity index (χ1) is 18.3. The number of aliphatic carboxylic acids is 2. The minimum absolute atomic E-state index is 0.0752. The molecule has 212 valence electrons. The molecule has 39 heavy (non-hydrogen) atoms. The maximum absolute atomic E-state index is 13.3. The van der Waals surface area contributed by atoms with Crippen LogP contribution >= 0.6 is 0 Å². The molecule has 4 atom stereocenters. The van der Waals surface area contributed by atoms with Gasteiger partial charge in [-0.25, -0.2) is 4.79 Å². The van der Waals surface area contributed by atoms with Gasteiger partial charge < -0.3 is 42.6 Å². The molecule has 2 rings (SSSR count). The van der Waals surface area contributed by atoms with Gasteiger partial charge in [0.15, 0.2) is 0 Å². The molecule has 4 amide bonds. The number of nitrogens with one attached hydrogen (secondary N) is 4. The number of nitrogens with two attached hydrogens (primary N) is 2. The van der Waals surface area contributed by atoms with Crippen molar-refractivity contribution in [1.82, 2.24) is 20.9 Å². The fourth-order valence-electron chi connectivity index (χ4n) is 3.94. The molecule has 0 saturated carbocycles. The van der Waals surface area contributed by atoms with Gasteiger partial charge in [-0.3, -0.25) is 24.0 Å². The van der Waals surface area contributed by atoms with Crippen molar-refractivity contribution >= 4 is 46.5 Å². The van der Waals surface area contributed by atoms with Crippen LogP contribution in [0.5, 0.6) is 0 Å². The second-order valence-electron chi connectivity index (χ2n) is 9.59. The van der Waals surface area contributed by atoms with Crippen LogP contribution in [-0.4, -0.2) is 74.9 Å². The second-order valence-corrected chi connectivity index (χ2v) is 9.59. The molecule has 10 N–H and O–H groups in total. The number of benzene rings is 1. The summed E-state index contributed by atoms with van der Waals surface area (Å²) in [5.74, 6) is -6.46. The van der Waals surface area contributed by atoms with Crippen molar-refractivity contribution in [3.63, 3.8) is 0 Å². The number of fused-ring (bicyclic) bond motifs is 1. The van der Waals surface area contributed by atoms with E-state index in [1.54, 1.807) is 44.3 Å². The molecular weight excluding hydrogens is 512 g/mol. The Bertz CT molecular complexity index is 1230. The van der Waals surface area contributed by atoms with Gasteiger partial charge in [-0.1, -0.05) is 32.0 Å². The lowest BCUT2D eigenvalue weighted by Crippen LogP contribution is -2.58. The van der Waals surface area contributed by atoms with Crippen LogP contribution in [-0.2, 0) is 35.2 Å². The first-order valence-electron chi connectivity index (χ1n) is 12.2. The van der Waals surface area contributed by atoms with Crippen LogP contribution in [0.4, 0.5) is 0 Å². The maximum atomic E-state index is 13.3. The molecule has 0 spiro atoms. The number of H-pyrrole nitrogens is 1. The van der Waals surface area contributed by atoms with Gasteiger partial charge in [0.1, 0.15) is 18.1 Å². The van der Waals surface area contributed by atoms with Crippen LogP contribution in [0.2, 0.25) is 0 Å². The average molecular weight is 547 g/mol. The molecule has 1 aromatic carbocycles. The van der Waals surface area contributed by atoms with E-state index in [0.29, 0.717) is 5.56 Å². The second kappa shape index (κ2) is 13.9. The Balaban J connectivity index is 2.31. The fourth-order valence-corrected chi connectivity index (χ4v) is 3.94. The van der Waals surface area contributed by atoms with Crippen LogP contribution in [0.3, 0.4) is 0 Å². The topological polar surface area (TPSA) is 247 Å². The van der Waals surface area contributed by atoms with E-state index in [1.807, 2.05) is 0 Å². The van der Waals surface area contributed by atoms with Crippen LogP contribution in [0.1, 0.15) is 38.7 Å². The van der Waals surface area contributed by atoms with E-state index in [9.17, 15) is 39.0 Å². The maximum Gasteiger partial charge on any atom is 0.326 e. The van der Waals surface area contributed by atoms with Crippen LogP contribution in [0.15, 0.2) is 30.5 Å². The Kier molecular flexibility index (Phi) is 11.0. The number of hydrogen-bond donors (Lipinski definition) is 8. The summed E-state index contributed by atoms with van der Waals surface area (Å²) in [6.45, 7) is 3.50. The molecule has 2 aromatic rings. The summed E-state index contributed by atoms with van der Waals surface area (Å²) < 4.78 is 0. The number of primary amides is 1. The van der Waals surface area contributed by atoms with Crippen LogP contribution in [0.25, 0.3) is 10.9 Å². The zero-order valence-corrected chi connectivity index (χ0v) is 21.6. The molecule has 14 heteroatoms. The van der Waals surface area contributed by atoms with Crippen molar-refractivity contribution in [1.29, 1.82) is 0 Å². The standard InChI is InChI=1S/C25H34N6O8/c1-12(2)7-19(25(38)39)31-24(37)18(10-21(33)34)30-23(36)17(29-22(35)15(26)9-20(27)32)8-13-11-28-16-6-4-3-5-14(13)16/h3-6,11-12,15,17-19,28H,7-10,26H2,1-2H3,(H2,27,32)(H,29,35)(H,30,36)(H,31,37)(H,33,34)(H,38,39). The smallest absolute Gasteiger partial charge is 0.326 e. The molecule has 0 aliphatic rings. The molecule has 4 unspecified atom stereocenters. The van der Waals surface area contributed by atoms with Crippen molar-refractivity contribution in [2.75, 3.05) is 0 Å². The normalized spacial score (nSPS) is 14.2. The van der Waals surface area contributed by atoms with E-state index >= 15 is 0 Å². The molecule has 14 nitrogen and oxygen atoms in total. The van der Waals surface area contributed by atoms with Gasteiger partial charge in [-0.2, -0.15) is 0 Å². The molecule has 1 aromatic heterocycles. The minimum atomic E-state index is -1.65. The van der Waals surface area contributed by atoms with Crippen molar-refractivity contribution in [3.05, 3.63) is 36.0 Å². The number of aromatic nitrogens is 1. The number of carboxylic acid groups (broad SMARTS) is 2. The number of carbonyl (C=O) groups excluding carboxylic acids is 4. The summed E-state index contributed by atoms with van der Waals surface area (Å²) in [6, 6.07) is 1.52. The number of aromatic amines is 1. The largest absolute Gasteiger partial charge is 0.481 e. The Hall–Kier alpha value is -4.46. The summed E-state index contributed by atoms with van der Waals surface area (Å²) in [5.41, 5.74) is 12.2. The Morgan fingerprint density at radius 2 is 1.46 bits per heavy atom. The predicted molar refractivity (Wildman–Crippen MR) is 139 cm³/mol. The quantitative estimate of drug-likeness (QED) is 0.136. The van der Waals surface area contributed by atoms with E-state index in [4.69, 9.17) is 11.5 Å². The highest BCUT2D eigenvalue weighted by Gasteiger charge is 2.32. The molecule has 0 radical (unpaired) electrons. The average Bonchev–Trinajstić information content (AvgIpc) is 3.24. The van der Waals surface area contributed by atoms with Gasteiger partial charge in [0.2, 0.25) is 23.6 Å². The lowest BCUT2D eigenvalue weighted by atomic mass is 10.0. The van der Waals surface area contributed by atoms with Gasteiger partial charge >= 0.3 is 11.9 Å². The Morgan fingerprint density at radius 1 is 0.872 bits per heavy atom. The number of amides is 4. The summed E-state index contributed by atoms with van der Waals surface area (Å²) in [7, 11) is 0. The first kappa shape index (κ1) is 30.8. The van der Waals surface area contributed by atoms with E-state index in [-0.39, 0.29) is 18.8 Å². The van der Waals surface area contributed by atoms with Gasteiger partial charge in [-0.05, 0) is 24.0 Å². The van der Waals surface area contributed by atoms with Gasteiger partial charge in [0.25, 0.3) is 0 Å². The number of hydrogen-bond acceptors (Lipinski definition) is 7. The van der Waals surface area contributed by atoms with Crippen molar-refractivity contribution < 1.29 is 39.0 Å². The van der Waals surface area contributed by atoms with Gasteiger partial charge in [0.05, 0.1) is 18.9 Å². The zero-order valence-electron chi connectivity index (χ0n) is 21.6. The summed E-state index contributed by atoms with van der Waals surface area (Å²) in [5, 5.41) is 26.5. The number of carbonyl (C=O) groups is 6. The summed E-state index contributed by atoms with van der Waals surface area (Å²) in [6.07, 6.45) is 0.290. The number of rotatable bonds is 15. The lowest BCUT2D eigenvalue weighted by Gasteiger charge is -2.25. The molecule has 1 heterocycles. The minimum Gasteiger partial charge on any atom is -0.481 e. The third kappa shape index (κ3) is 9.41. The third-order valence-corrected chi connectivity index (χ3v) is 5.82. The molecular formula is C25H34N6O8. The molecule has 0 aliphatic carbocycles. The Morgan fingerprint density at radius 3 is 2.05 bits per heavy atom. The number of para-hydroxylation sites is 1. The summed E-state index contributed by atoms with van der Waals surface area (Å²) >= 11 is 0. The number of carboxylic acids is 2. The molecule has 0 fully saturated rings. The fraction of sp³-hybridized carbons (Fsp3) is 0.440. The van der Waals surface area contributed by atoms with Crippen LogP contribution < -0.4 is 27.4 Å². The third-order valence-electron chi connectivity index (χ3n) is 5.82. The monoisotopic (exact) mass is 546 g/mol. The molecule has 0 bridgehead atoms. The van der Waals surface area contributed by atoms with E-state index < -0.39 is 72.6 Å². The van der Waals surface area contributed by atoms with Gasteiger partial charge in [-0.15, -0.1) is 0 Å². The Labute approximate surface area is 223 Å². The molecule has 0 aliphatic heterocycles. The van der Waals surface area contributed by atoms with E-state index in [1.165, 1.54) is 0 Å². The zero-order chi connectivity index (χ0) is 29.3. The highest BCUT2D eigenvalue weighted by molar-refractivity contribution is 5.96. The highest BCUT2D eigenvalue weighted by atomic mass is 16.4. The summed E-state index contributed by atoms with van der Waals surface area (Å²) in [4.78, 5) is 76.1. The lowest BCUT2D eigenvalue weighted by molar-refractivity contribution is -0.144. The predicted octanol–water partition coefficient (Wildman–Crippen LogP) is -1.03. The van der Waals surface area contributed by atoms with Crippen LogP contribution in [0, 0.1) is 5.92 Å². The highest BCUT2D eigenvalue weighted by Crippen LogP contribution is 2.19. The van der Waals surface area contributed by atoms with Crippen molar-refractivity contribution in [2.24, 2.45) is 17.4 Å². The van der Waals surface area contributed by atoms with Gasteiger partial charge in [0, 0.05) is 23.5 Å². The van der Waals surface area contributed by atoms with E-state index in [0.717, 1.165) is 10.9 Å². The van der Waals surface area contributed by atoms with Crippen molar-refractivity contribution in [2.45, 2.75) is 63.7 Å².